The van der Waals surface area contributed by atoms with Gasteiger partial charge in [-0.05, 0) is 6.92 Å². The highest BCUT2D eigenvalue weighted by atomic mass is 19.4. The van der Waals surface area contributed by atoms with Crippen LogP contribution in [0.4, 0.5) is 22.0 Å². The number of alkyl halides is 5. The summed E-state index contributed by atoms with van der Waals surface area (Å²) in [6.45, 7) is 0.764. The summed E-state index contributed by atoms with van der Waals surface area (Å²) in [6.07, 6.45) is -9.22. The van der Waals surface area contributed by atoms with Gasteiger partial charge in [-0.2, -0.15) is 13.2 Å². The minimum absolute atomic E-state index is 0.429. The smallest absolute Gasteiger partial charge is 0.409 e. The molecular weight excluding hydrogens is 227 g/mol. The van der Waals surface area contributed by atoms with E-state index in [9.17, 15) is 31.5 Å². The molecule has 0 spiro atoms. The Morgan fingerprint density at radius 1 is 1.27 bits per heavy atom. The number of hydrogen-bond acceptors (Lipinski definition) is 3. The SMILES string of the molecule is CCOC(=O)[C@H](C(=O)C(F)F)C(F)(F)F. The summed E-state index contributed by atoms with van der Waals surface area (Å²) in [5.74, 6) is -7.91. The molecule has 8 heteroatoms. The van der Waals surface area contributed by atoms with Crippen molar-refractivity contribution in [2.75, 3.05) is 6.61 Å². The molecule has 0 rings (SSSR count). The van der Waals surface area contributed by atoms with E-state index in [0.29, 0.717) is 0 Å². The Balaban J connectivity index is 4.91. The summed E-state index contributed by atoms with van der Waals surface area (Å²) in [5, 5.41) is 0. The lowest BCUT2D eigenvalue weighted by atomic mass is 10.0. The van der Waals surface area contributed by atoms with Crippen molar-refractivity contribution in [3.63, 3.8) is 0 Å². The number of rotatable bonds is 4. The third-order valence-electron chi connectivity index (χ3n) is 1.35. The van der Waals surface area contributed by atoms with E-state index in [1.807, 2.05) is 0 Å². The molecule has 0 aliphatic rings. The number of halogens is 5. The zero-order chi connectivity index (χ0) is 12.2. The zero-order valence-electron chi connectivity index (χ0n) is 7.48. The number of carbonyl (C=O) groups is 2. The lowest BCUT2D eigenvalue weighted by Gasteiger charge is -2.16. The third-order valence-corrected chi connectivity index (χ3v) is 1.35. The van der Waals surface area contributed by atoms with Crippen molar-refractivity contribution in [2.24, 2.45) is 5.92 Å². The predicted octanol–water partition coefficient (Wildman–Crippen LogP) is 1.56. The first-order valence-corrected chi connectivity index (χ1v) is 3.77. The van der Waals surface area contributed by atoms with Gasteiger partial charge in [-0.3, -0.25) is 9.59 Å². The first-order valence-electron chi connectivity index (χ1n) is 3.77. The van der Waals surface area contributed by atoms with Gasteiger partial charge in [0.2, 0.25) is 11.7 Å². The summed E-state index contributed by atoms with van der Waals surface area (Å²) < 4.78 is 63.5. The van der Waals surface area contributed by atoms with Crippen molar-refractivity contribution in [1.82, 2.24) is 0 Å². The molecule has 0 saturated carbocycles. The maximum absolute atomic E-state index is 12.0. The molecule has 3 nitrogen and oxygen atoms in total. The van der Waals surface area contributed by atoms with Crippen LogP contribution < -0.4 is 0 Å². The Hall–Kier alpha value is -1.21. The molecule has 0 aliphatic heterocycles. The van der Waals surface area contributed by atoms with Crippen LogP contribution >= 0.6 is 0 Å². The first-order chi connectivity index (χ1) is 6.71. The molecule has 0 unspecified atom stereocenters. The van der Waals surface area contributed by atoms with Crippen LogP contribution in [0.1, 0.15) is 6.92 Å². The number of ether oxygens (including phenoxy) is 1. The van der Waals surface area contributed by atoms with Crippen LogP contribution in [0, 0.1) is 5.92 Å². The second kappa shape index (κ2) is 5.04. The molecular formula is C7H7F5O3. The van der Waals surface area contributed by atoms with E-state index in [4.69, 9.17) is 0 Å². The summed E-state index contributed by atoms with van der Waals surface area (Å²) >= 11 is 0. The second-order valence-electron chi connectivity index (χ2n) is 2.43. The number of Topliss-reactive ketones (excluding diaryl/α,β-unsaturated/α-hetero) is 1. The van der Waals surface area contributed by atoms with Crippen LogP contribution in [0.3, 0.4) is 0 Å². The Bertz CT molecular complexity index is 248. The average molecular weight is 234 g/mol. The molecule has 15 heavy (non-hydrogen) atoms. The quantitative estimate of drug-likeness (QED) is 0.421. The number of hydrogen-bond donors (Lipinski definition) is 0. The first kappa shape index (κ1) is 13.8. The molecule has 0 saturated heterocycles. The molecule has 0 aromatic rings. The lowest BCUT2D eigenvalue weighted by molar-refractivity contribution is -0.201. The van der Waals surface area contributed by atoms with Crippen molar-refractivity contribution < 1.29 is 36.3 Å². The van der Waals surface area contributed by atoms with E-state index >= 15 is 0 Å². The highest BCUT2D eigenvalue weighted by Gasteiger charge is 2.53. The molecule has 0 radical (unpaired) electrons. The summed E-state index contributed by atoms with van der Waals surface area (Å²) in [6, 6.07) is 0. The van der Waals surface area contributed by atoms with Gasteiger partial charge in [-0.25, -0.2) is 8.78 Å². The Morgan fingerprint density at radius 3 is 2.00 bits per heavy atom. The highest BCUT2D eigenvalue weighted by Crippen LogP contribution is 2.29. The maximum atomic E-state index is 12.0. The van der Waals surface area contributed by atoms with Gasteiger partial charge in [-0.1, -0.05) is 0 Å². The van der Waals surface area contributed by atoms with Gasteiger partial charge in [0.05, 0.1) is 6.61 Å². The monoisotopic (exact) mass is 234 g/mol. The lowest BCUT2D eigenvalue weighted by Crippen LogP contribution is -2.41. The van der Waals surface area contributed by atoms with Crippen LogP contribution in [-0.4, -0.2) is 31.0 Å². The van der Waals surface area contributed by atoms with Gasteiger partial charge >= 0.3 is 12.1 Å². The summed E-state index contributed by atoms with van der Waals surface area (Å²) in [4.78, 5) is 21.1. The van der Waals surface area contributed by atoms with Crippen LogP contribution in [0.2, 0.25) is 0 Å². The largest absolute Gasteiger partial charge is 0.465 e. The van der Waals surface area contributed by atoms with Crippen molar-refractivity contribution in [2.45, 2.75) is 19.5 Å². The molecule has 88 valence electrons. The fourth-order valence-corrected chi connectivity index (χ4v) is 0.763. The van der Waals surface area contributed by atoms with E-state index in [2.05, 4.69) is 4.74 Å². The van der Waals surface area contributed by atoms with Crippen LogP contribution in [0.15, 0.2) is 0 Å². The number of carbonyl (C=O) groups excluding carboxylic acids is 2. The van der Waals surface area contributed by atoms with Crippen LogP contribution in [0.25, 0.3) is 0 Å². The van der Waals surface area contributed by atoms with E-state index in [1.165, 1.54) is 6.92 Å². The van der Waals surface area contributed by atoms with E-state index in [0.717, 1.165) is 0 Å². The standard InChI is InChI=1S/C7H7F5O3/c1-2-15-6(14)3(7(10,11)12)4(13)5(8)9/h3,5H,2H2,1H3/t3-/m0/s1. The molecule has 0 N–H and O–H groups in total. The van der Waals surface area contributed by atoms with Gasteiger partial charge in [0, 0.05) is 0 Å². The number of ketones is 1. The molecule has 0 heterocycles. The molecule has 0 amide bonds. The maximum Gasteiger partial charge on any atom is 0.409 e. The fraction of sp³-hybridized carbons (Fsp3) is 0.714. The van der Waals surface area contributed by atoms with Crippen LogP contribution in [0.5, 0.6) is 0 Å². The molecule has 0 fully saturated rings. The van der Waals surface area contributed by atoms with Gasteiger partial charge in [0.25, 0.3) is 6.43 Å². The normalized spacial score (nSPS) is 13.8. The topological polar surface area (TPSA) is 43.4 Å². The predicted molar refractivity (Wildman–Crippen MR) is 37.2 cm³/mol. The van der Waals surface area contributed by atoms with E-state index in [1.54, 1.807) is 0 Å². The summed E-state index contributed by atoms with van der Waals surface area (Å²) in [5.41, 5.74) is 0. The van der Waals surface area contributed by atoms with Gasteiger partial charge in [-0.15, -0.1) is 0 Å². The fourth-order valence-electron chi connectivity index (χ4n) is 0.763. The van der Waals surface area contributed by atoms with E-state index < -0.39 is 36.9 Å². The molecule has 0 bridgehead atoms. The second-order valence-corrected chi connectivity index (χ2v) is 2.43. The van der Waals surface area contributed by atoms with Gasteiger partial charge < -0.3 is 4.74 Å². The average Bonchev–Trinajstić information content (AvgIpc) is 2.01. The van der Waals surface area contributed by atoms with Crippen LogP contribution in [-0.2, 0) is 14.3 Å². The molecule has 1 atom stereocenters. The molecule has 0 aromatic heterocycles. The zero-order valence-corrected chi connectivity index (χ0v) is 7.48. The van der Waals surface area contributed by atoms with Crippen molar-refractivity contribution >= 4 is 11.8 Å². The van der Waals surface area contributed by atoms with Crippen molar-refractivity contribution in [3.8, 4) is 0 Å². The Morgan fingerprint density at radius 2 is 1.73 bits per heavy atom. The molecule has 0 aromatic carbocycles. The van der Waals surface area contributed by atoms with Crippen molar-refractivity contribution in [1.29, 1.82) is 0 Å². The van der Waals surface area contributed by atoms with E-state index in [-0.39, 0.29) is 0 Å². The van der Waals surface area contributed by atoms with Gasteiger partial charge in [0.1, 0.15) is 0 Å². The summed E-state index contributed by atoms with van der Waals surface area (Å²) in [7, 11) is 0. The highest BCUT2D eigenvalue weighted by molar-refractivity contribution is 6.01. The third kappa shape index (κ3) is 3.80. The van der Waals surface area contributed by atoms with Crippen molar-refractivity contribution in [3.05, 3.63) is 0 Å². The Labute approximate surface area is 81.2 Å². The minimum atomic E-state index is -5.36. The minimum Gasteiger partial charge on any atom is -0.465 e. The number of esters is 1. The molecule has 0 aliphatic carbocycles. The Kier molecular flexibility index (Phi) is 4.63. The van der Waals surface area contributed by atoms with Gasteiger partial charge in [0.15, 0.2) is 0 Å².